The van der Waals surface area contributed by atoms with E-state index in [0.29, 0.717) is 17.9 Å². The van der Waals surface area contributed by atoms with E-state index in [1.54, 1.807) is 4.68 Å². The molecule has 2 heterocycles. The van der Waals surface area contributed by atoms with Gasteiger partial charge in [-0.15, -0.1) is 15.3 Å². The molecule has 3 aromatic rings. The highest BCUT2D eigenvalue weighted by molar-refractivity contribution is 5.74. The standard InChI is InChI=1S/C17H22N6O/c1-11-19-21-17(24-11)9-12-3-5-14(7-12)18-10-13-4-6-16-15(8-13)20-22-23(16)2/h4,6,8,12,14,18H,3,5,7,9-10H2,1-2H3/t12-,14+/m1/s1. The first-order valence-electron chi connectivity index (χ1n) is 8.48. The number of aromatic nitrogens is 5. The molecule has 0 unspecified atom stereocenters. The minimum Gasteiger partial charge on any atom is -0.426 e. The van der Waals surface area contributed by atoms with Gasteiger partial charge in [0, 0.05) is 33.0 Å². The predicted molar refractivity (Wildman–Crippen MR) is 89.2 cm³/mol. The highest BCUT2D eigenvalue weighted by Crippen LogP contribution is 2.28. The van der Waals surface area contributed by atoms with Gasteiger partial charge < -0.3 is 9.73 Å². The van der Waals surface area contributed by atoms with Gasteiger partial charge in [-0.25, -0.2) is 4.68 Å². The van der Waals surface area contributed by atoms with Crippen molar-refractivity contribution in [3.05, 3.63) is 35.5 Å². The third kappa shape index (κ3) is 3.17. The topological polar surface area (TPSA) is 81.7 Å². The lowest BCUT2D eigenvalue weighted by molar-refractivity contribution is 0.409. The van der Waals surface area contributed by atoms with Crippen molar-refractivity contribution in [2.24, 2.45) is 13.0 Å². The second kappa shape index (κ2) is 6.32. The van der Waals surface area contributed by atoms with Crippen molar-refractivity contribution < 1.29 is 4.42 Å². The van der Waals surface area contributed by atoms with Crippen LogP contribution in [-0.4, -0.2) is 31.2 Å². The van der Waals surface area contributed by atoms with Crippen molar-refractivity contribution in [1.29, 1.82) is 0 Å². The molecule has 0 spiro atoms. The SMILES string of the molecule is Cc1nnc(C[C@@H]2CC[C@H](NCc3ccc4c(c3)nnn4C)C2)o1. The summed E-state index contributed by atoms with van der Waals surface area (Å²) in [6.45, 7) is 2.70. The molecule has 2 atom stereocenters. The van der Waals surface area contributed by atoms with Gasteiger partial charge in [-0.05, 0) is 42.9 Å². The van der Waals surface area contributed by atoms with Gasteiger partial charge in [-0.1, -0.05) is 11.3 Å². The molecule has 0 aliphatic heterocycles. The third-order valence-electron chi connectivity index (χ3n) is 4.84. The van der Waals surface area contributed by atoms with Crippen molar-refractivity contribution in [2.75, 3.05) is 0 Å². The Morgan fingerprint density at radius 1 is 1.25 bits per heavy atom. The van der Waals surface area contributed by atoms with Gasteiger partial charge >= 0.3 is 0 Å². The lowest BCUT2D eigenvalue weighted by atomic mass is 10.0. The molecular formula is C17H22N6O. The Morgan fingerprint density at radius 3 is 3.00 bits per heavy atom. The minimum absolute atomic E-state index is 0.552. The van der Waals surface area contributed by atoms with Crippen molar-refractivity contribution in [3.63, 3.8) is 0 Å². The summed E-state index contributed by atoms with van der Waals surface area (Å²) in [6, 6.07) is 6.90. The summed E-state index contributed by atoms with van der Waals surface area (Å²) in [7, 11) is 1.91. The molecule has 2 aromatic heterocycles. The van der Waals surface area contributed by atoms with Crippen LogP contribution >= 0.6 is 0 Å². The largest absolute Gasteiger partial charge is 0.426 e. The minimum atomic E-state index is 0.552. The Labute approximate surface area is 140 Å². The molecule has 4 rings (SSSR count). The third-order valence-corrected chi connectivity index (χ3v) is 4.84. The Kier molecular flexibility index (Phi) is 4.02. The lowest BCUT2D eigenvalue weighted by Crippen LogP contribution is -2.26. The van der Waals surface area contributed by atoms with Crippen LogP contribution in [0.1, 0.15) is 36.6 Å². The molecule has 0 bridgehead atoms. The zero-order valence-corrected chi connectivity index (χ0v) is 14.1. The Balaban J connectivity index is 1.31. The molecule has 1 aromatic carbocycles. The highest BCUT2D eigenvalue weighted by Gasteiger charge is 2.26. The maximum atomic E-state index is 5.50. The zero-order valence-electron chi connectivity index (χ0n) is 14.1. The van der Waals surface area contributed by atoms with Gasteiger partial charge in [0.25, 0.3) is 0 Å². The number of fused-ring (bicyclic) bond motifs is 1. The van der Waals surface area contributed by atoms with E-state index < -0.39 is 0 Å². The summed E-state index contributed by atoms with van der Waals surface area (Å²) >= 11 is 0. The molecule has 1 N–H and O–H groups in total. The van der Waals surface area contributed by atoms with E-state index in [0.717, 1.165) is 36.3 Å². The van der Waals surface area contributed by atoms with Gasteiger partial charge in [0.05, 0.1) is 5.52 Å². The molecule has 1 saturated carbocycles. The Bertz CT molecular complexity index is 839. The van der Waals surface area contributed by atoms with Crippen LogP contribution < -0.4 is 5.32 Å². The quantitative estimate of drug-likeness (QED) is 0.774. The Hall–Kier alpha value is -2.28. The molecule has 0 amide bonds. The summed E-state index contributed by atoms with van der Waals surface area (Å²) in [5.41, 5.74) is 3.27. The Morgan fingerprint density at radius 2 is 2.17 bits per heavy atom. The van der Waals surface area contributed by atoms with Crippen LogP contribution in [0.3, 0.4) is 0 Å². The number of aryl methyl sites for hydroxylation is 2. The maximum Gasteiger partial charge on any atom is 0.216 e. The molecule has 1 fully saturated rings. The first-order valence-corrected chi connectivity index (χ1v) is 8.48. The van der Waals surface area contributed by atoms with Crippen LogP contribution in [0.4, 0.5) is 0 Å². The van der Waals surface area contributed by atoms with Gasteiger partial charge in [-0.2, -0.15) is 0 Å². The zero-order chi connectivity index (χ0) is 16.5. The van der Waals surface area contributed by atoms with Crippen LogP contribution in [0, 0.1) is 12.8 Å². The molecule has 1 aliphatic carbocycles. The van der Waals surface area contributed by atoms with E-state index >= 15 is 0 Å². The lowest BCUT2D eigenvalue weighted by Gasteiger charge is -2.13. The molecule has 1 aliphatic rings. The predicted octanol–water partition coefficient (Wildman–Crippen LogP) is 2.16. The first kappa shape index (κ1) is 15.3. The van der Waals surface area contributed by atoms with Crippen LogP contribution in [0.5, 0.6) is 0 Å². The van der Waals surface area contributed by atoms with Gasteiger partial charge in [0.1, 0.15) is 5.52 Å². The fourth-order valence-electron chi connectivity index (χ4n) is 3.57. The van der Waals surface area contributed by atoms with Crippen molar-refractivity contribution in [1.82, 2.24) is 30.5 Å². The summed E-state index contributed by atoms with van der Waals surface area (Å²) in [6.07, 6.45) is 4.47. The van der Waals surface area contributed by atoms with Crippen LogP contribution in [0.15, 0.2) is 22.6 Å². The van der Waals surface area contributed by atoms with E-state index in [2.05, 4.69) is 44.0 Å². The average Bonchev–Trinajstić information content (AvgIpc) is 3.28. The summed E-state index contributed by atoms with van der Waals surface area (Å²) < 4.78 is 7.29. The number of benzene rings is 1. The molecule has 7 nitrogen and oxygen atoms in total. The van der Waals surface area contributed by atoms with Crippen molar-refractivity contribution >= 4 is 11.0 Å². The molecule has 0 radical (unpaired) electrons. The van der Waals surface area contributed by atoms with Gasteiger partial charge in [0.15, 0.2) is 0 Å². The monoisotopic (exact) mass is 326 g/mol. The fraction of sp³-hybridized carbons (Fsp3) is 0.529. The van der Waals surface area contributed by atoms with Crippen molar-refractivity contribution in [3.8, 4) is 0 Å². The molecular weight excluding hydrogens is 304 g/mol. The molecule has 126 valence electrons. The van der Waals surface area contributed by atoms with E-state index in [4.69, 9.17) is 4.42 Å². The smallest absolute Gasteiger partial charge is 0.216 e. The molecule has 24 heavy (non-hydrogen) atoms. The fourth-order valence-corrected chi connectivity index (χ4v) is 3.57. The highest BCUT2D eigenvalue weighted by atomic mass is 16.4. The molecule has 7 heteroatoms. The average molecular weight is 326 g/mol. The maximum absolute atomic E-state index is 5.50. The first-order chi connectivity index (χ1) is 11.7. The molecule has 0 saturated heterocycles. The van der Waals surface area contributed by atoms with Crippen molar-refractivity contribution in [2.45, 2.75) is 45.2 Å². The van der Waals surface area contributed by atoms with E-state index in [1.807, 2.05) is 14.0 Å². The number of nitrogens with one attached hydrogen (secondary N) is 1. The van der Waals surface area contributed by atoms with Crippen LogP contribution in [0.25, 0.3) is 11.0 Å². The van der Waals surface area contributed by atoms with Gasteiger partial charge in [0.2, 0.25) is 11.8 Å². The summed E-state index contributed by atoms with van der Waals surface area (Å²) in [5.74, 6) is 2.05. The van der Waals surface area contributed by atoms with Gasteiger partial charge in [-0.3, -0.25) is 0 Å². The number of hydrogen-bond acceptors (Lipinski definition) is 6. The van der Waals surface area contributed by atoms with E-state index in [-0.39, 0.29) is 0 Å². The summed E-state index contributed by atoms with van der Waals surface area (Å²) in [5, 5.41) is 19.9. The van der Waals surface area contributed by atoms with E-state index in [1.165, 1.54) is 18.4 Å². The second-order valence-corrected chi connectivity index (χ2v) is 6.71. The second-order valence-electron chi connectivity index (χ2n) is 6.71. The van der Waals surface area contributed by atoms with E-state index in [9.17, 15) is 0 Å². The van der Waals surface area contributed by atoms with Crippen LogP contribution in [-0.2, 0) is 20.0 Å². The number of hydrogen-bond donors (Lipinski definition) is 1. The number of nitrogens with zero attached hydrogens (tertiary/aromatic N) is 5. The summed E-state index contributed by atoms with van der Waals surface area (Å²) in [4.78, 5) is 0. The normalized spacial score (nSPS) is 20.9. The number of rotatable bonds is 5. The van der Waals surface area contributed by atoms with Crippen LogP contribution in [0.2, 0.25) is 0 Å².